The highest BCUT2D eigenvalue weighted by Gasteiger charge is 2.04. The zero-order valence-corrected chi connectivity index (χ0v) is 12.1. The first-order valence-electron chi connectivity index (χ1n) is 6.47. The maximum absolute atomic E-state index is 6.10. The van der Waals surface area contributed by atoms with Crippen LogP contribution >= 0.6 is 11.6 Å². The Kier molecular flexibility index (Phi) is 6.01. The van der Waals surface area contributed by atoms with E-state index >= 15 is 0 Å². The van der Waals surface area contributed by atoms with Gasteiger partial charge in [0.15, 0.2) is 0 Å². The largest absolute Gasteiger partial charge is 0.310 e. The molecule has 1 N–H and O–H groups in total. The normalized spacial score (nSPS) is 13.1. The van der Waals surface area contributed by atoms with Gasteiger partial charge in [-0.05, 0) is 49.8 Å². The Hall–Kier alpha value is -0.530. The van der Waals surface area contributed by atoms with E-state index in [9.17, 15) is 0 Å². The molecule has 1 atom stereocenters. The summed E-state index contributed by atoms with van der Waals surface area (Å²) in [4.78, 5) is 0. The topological polar surface area (TPSA) is 12.0 Å². The van der Waals surface area contributed by atoms with Crippen LogP contribution in [0.25, 0.3) is 0 Å². The van der Waals surface area contributed by atoms with Gasteiger partial charge in [-0.2, -0.15) is 0 Å². The Bertz CT molecular complexity index is 347. The SMILES string of the molecule is Cc1ccc(CNC(C)CCC(C)C)cc1Cl. The molecule has 0 bridgehead atoms. The molecule has 1 aromatic carbocycles. The van der Waals surface area contributed by atoms with E-state index in [2.05, 4.69) is 44.3 Å². The smallest absolute Gasteiger partial charge is 0.0438 e. The van der Waals surface area contributed by atoms with Crippen LogP contribution in [0.15, 0.2) is 18.2 Å². The van der Waals surface area contributed by atoms with E-state index in [4.69, 9.17) is 11.6 Å². The number of nitrogens with one attached hydrogen (secondary N) is 1. The van der Waals surface area contributed by atoms with Crippen molar-refractivity contribution in [1.29, 1.82) is 0 Å². The molecule has 1 nitrogen and oxygen atoms in total. The second kappa shape index (κ2) is 7.03. The molecule has 0 saturated heterocycles. The second-order valence-electron chi connectivity index (χ2n) is 5.34. The fraction of sp³-hybridized carbons (Fsp3) is 0.600. The number of benzene rings is 1. The van der Waals surface area contributed by atoms with E-state index in [0.717, 1.165) is 23.0 Å². The number of hydrogen-bond donors (Lipinski definition) is 1. The number of rotatable bonds is 6. The Morgan fingerprint density at radius 2 is 1.88 bits per heavy atom. The van der Waals surface area contributed by atoms with Crippen molar-refractivity contribution in [2.24, 2.45) is 5.92 Å². The molecule has 0 spiro atoms. The third kappa shape index (κ3) is 5.56. The molecule has 0 amide bonds. The third-order valence-electron chi connectivity index (χ3n) is 3.07. The van der Waals surface area contributed by atoms with Gasteiger partial charge in [-0.25, -0.2) is 0 Å². The fourth-order valence-corrected chi connectivity index (χ4v) is 1.93. The molecule has 0 aliphatic rings. The van der Waals surface area contributed by atoms with Crippen LogP contribution in [0.1, 0.15) is 44.7 Å². The van der Waals surface area contributed by atoms with Crippen LogP contribution in [-0.2, 0) is 6.54 Å². The highest BCUT2D eigenvalue weighted by Crippen LogP contribution is 2.16. The first kappa shape index (κ1) is 14.5. The third-order valence-corrected chi connectivity index (χ3v) is 3.48. The minimum absolute atomic E-state index is 0.567. The maximum Gasteiger partial charge on any atom is 0.0438 e. The van der Waals surface area contributed by atoms with Crippen molar-refractivity contribution in [3.63, 3.8) is 0 Å². The molecular formula is C15H24ClN. The summed E-state index contributed by atoms with van der Waals surface area (Å²) in [6, 6.07) is 6.85. The van der Waals surface area contributed by atoms with Gasteiger partial charge >= 0.3 is 0 Å². The standard InChI is InChI=1S/C15H24ClN/c1-11(2)5-7-13(4)17-10-14-8-6-12(3)15(16)9-14/h6,8-9,11,13,17H,5,7,10H2,1-4H3. The molecule has 0 fully saturated rings. The van der Waals surface area contributed by atoms with E-state index in [-0.39, 0.29) is 0 Å². The van der Waals surface area contributed by atoms with Gasteiger partial charge in [-0.1, -0.05) is 37.6 Å². The molecule has 2 heteroatoms. The van der Waals surface area contributed by atoms with Gasteiger partial charge in [-0.3, -0.25) is 0 Å². The summed E-state index contributed by atoms with van der Waals surface area (Å²) in [7, 11) is 0. The summed E-state index contributed by atoms with van der Waals surface area (Å²) in [5.41, 5.74) is 2.40. The van der Waals surface area contributed by atoms with E-state index in [0.29, 0.717) is 6.04 Å². The first-order chi connectivity index (χ1) is 7.99. The summed E-state index contributed by atoms with van der Waals surface area (Å²) in [5, 5.41) is 4.40. The van der Waals surface area contributed by atoms with Gasteiger partial charge in [0, 0.05) is 17.6 Å². The Morgan fingerprint density at radius 3 is 2.47 bits per heavy atom. The van der Waals surface area contributed by atoms with Crippen LogP contribution in [0, 0.1) is 12.8 Å². The predicted molar refractivity (Wildman–Crippen MR) is 76.6 cm³/mol. The van der Waals surface area contributed by atoms with Crippen LogP contribution < -0.4 is 5.32 Å². The summed E-state index contributed by atoms with van der Waals surface area (Å²) < 4.78 is 0. The lowest BCUT2D eigenvalue weighted by molar-refractivity contribution is 0.451. The minimum Gasteiger partial charge on any atom is -0.310 e. The van der Waals surface area contributed by atoms with Crippen LogP contribution in [0.4, 0.5) is 0 Å². The molecule has 0 aliphatic heterocycles. The van der Waals surface area contributed by atoms with Crippen molar-refractivity contribution in [3.05, 3.63) is 34.3 Å². The molecule has 1 unspecified atom stereocenters. The van der Waals surface area contributed by atoms with Crippen LogP contribution in [-0.4, -0.2) is 6.04 Å². The molecule has 0 heterocycles. The van der Waals surface area contributed by atoms with Gasteiger partial charge in [-0.15, -0.1) is 0 Å². The van der Waals surface area contributed by atoms with Gasteiger partial charge < -0.3 is 5.32 Å². The highest BCUT2D eigenvalue weighted by atomic mass is 35.5. The molecule has 1 aromatic rings. The van der Waals surface area contributed by atoms with E-state index in [1.807, 2.05) is 6.92 Å². The van der Waals surface area contributed by atoms with Crippen molar-refractivity contribution in [1.82, 2.24) is 5.32 Å². The van der Waals surface area contributed by atoms with Gasteiger partial charge in [0.05, 0.1) is 0 Å². The average Bonchev–Trinajstić information content (AvgIpc) is 2.28. The molecule has 1 rings (SSSR count). The molecule has 17 heavy (non-hydrogen) atoms. The van der Waals surface area contributed by atoms with E-state index in [1.165, 1.54) is 18.4 Å². The van der Waals surface area contributed by atoms with Crippen LogP contribution in [0.2, 0.25) is 5.02 Å². The van der Waals surface area contributed by atoms with Gasteiger partial charge in [0.25, 0.3) is 0 Å². The summed E-state index contributed by atoms with van der Waals surface area (Å²) in [6.45, 7) is 9.72. The van der Waals surface area contributed by atoms with Gasteiger partial charge in [0.2, 0.25) is 0 Å². The fourth-order valence-electron chi connectivity index (χ4n) is 1.72. The highest BCUT2D eigenvalue weighted by molar-refractivity contribution is 6.31. The molecule has 0 aliphatic carbocycles. The summed E-state index contributed by atoms with van der Waals surface area (Å²) >= 11 is 6.10. The number of hydrogen-bond acceptors (Lipinski definition) is 1. The van der Waals surface area contributed by atoms with E-state index < -0.39 is 0 Å². The Balaban J connectivity index is 2.36. The van der Waals surface area contributed by atoms with Crippen molar-refractivity contribution in [2.45, 2.75) is 53.1 Å². The summed E-state index contributed by atoms with van der Waals surface area (Å²) in [6.07, 6.45) is 2.51. The van der Waals surface area contributed by atoms with Crippen molar-refractivity contribution in [3.8, 4) is 0 Å². The lowest BCUT2D eigenvalue weighted by Crippen LogP contribution is -2.25. The van der Waals surface area contributed by atoms with Crippen LogP contribution in [0.5, 0.6) is 0 Å². The molecular weight excluding hydrogens is 230 g/mol. The monoisotopic (exact) mass is 253 g/mol. The van der Waals surface area contributed by atoms with Gasteiger partial charge in [0.1, 0.15) is 0 Å². The number of halogens is 1. The Morgan fingerprint density at radius 1 is 1.18 bits per heavy atom. The quantitative estimate of drug-likeness (QED) is 0.784. The van der Waals surface area contributed by atoms with Crippen LogP contribution in [0.3, 0.4) is 0 Å². The molecule has 0 aromatic heterocycles. The van der Waals surface area contributed by atoms with Crippen molar-refractivity contribution >= 4 is 11.6 Å². The molecule has 0 saturated carbocycles. The zero-order chi connectivity index (χ0) is 12.8. The lowest BCUT2D eigenvalue weighted by atomic mass is 10.0. The summed E-state index contributed by atoms with van der Waals surface area (Å²) in [5.74, 6) is 0.785. The molecule has 0 radical (unpaired) electrons. The zero-order valence-electron chi connectivity index (χ0n) is 11.4. The average molecular weight is 254 g/mol. The Labute approximate surface area is 111 Å². The lowest BCUT2D eigenvalue weighted by Gasteiger charge is -2.15. The molecule has 96 valence electrons. The minimum atomic E-state index is 0.567. The number of aryl methyl sites for hydroxylation is 1. The van der Waals surface area contributed by atoms with Crippen molar-refractivity contribution < 1.29 is 0 Å². The maximum atomic E-state index is 6.10. The van der Waals surface area contributed by atoms with Crippen molar-refractivity contribution in [2.75, 3.05) is 0 Å². The van der Waals surface area contributed by atoms with E-state index in [1.54, 1.807) is 0 Å². The first-order valence-corrected chi connectivity index (χ1v) is 6.85. The second-order valence-corrected chi connectivity index (χ2v) is 5.74. The predicted octanol–water partition coefficient (Wildman–Crippen LogP) is 4.56.